The molecule has 40 heavy (non-hydrogen) atoms. The van der Waals surface area contributed by atoms with Crippen molar-refractivity contribution in [2.75, 3.05) is 6.54 Å². The molecule has 204 valence electrons. The van der Waals surface area contributed by atoms with Crippen LogP contribution in [-0.4, -0.2) is 43.7 Å². The van der Waals surface area contributed by atoms with Crippen LogP contribution in [0.1, 0.15) is 51.9 Å². The summed E-state index contributed by atoms with van der Waals surface area (Å²) in [6, 6.07) is 14.8. The van der Waals surface area contributed by atoms with E-state index >= 15 is 0 Å². The van der Waals surface area contributed by atoms with E-state index in [0.717, 1.165) is 26.8 Å². The van der Waals surface area contributed by atoms with E-state index in [1.54, 1.807) is 23.2 Å². The molecule has 0 aliphatic carbocycles. The quantitative estimate of drug-likeness (QED) is 0.255. The van der Waals surface area contributed by atoms with Crippen molar-refractivity contribution in [3.05, 3.63) is 93.2 Å². The standard InChI is InChI=1S/C29H27FN6O2S2/c1-17-16-40-26(33-17)23-13-22(30)15-36(23)27(37)21-11-19(10-20(12-21)25-32-8-9-39-25)24-34-35-28(38-24)29(2,31)14-18-6-4-3-5-7-18/h3-12,16,22-23H,13-15,31H2,1-2H3/t22-,23+,29-/m0/s1. The van der Waals surface area contributed by atoms with Gasteiger partial charge in [0.2, 0.25) is 11.8 Å². The first-order valence-electron chi connectivity index (χ1n) is 12.9. The van der Waals surface area contributed by atoms with E-state index in [9.17, 15) is 9.18 Å². The summed E-state index contributed by atoms with van der Waals surface area (Å²) >= 11 is 2.90. The van der Waals surface area contributed by atoms with Gasteiger partial charge in [0.05, 0.1) is 18.1 Å². The molecular weight excluding hydrogens is 547 g/mol. The van der Waals surface area contributed by atoms with E-state index in [1.807, 2.05) is 61.0 Å². The minimum atomic E-state index is -1.12. The maximum Gasteiger partial charge on any atom is 0.254 e. The fraction of sp³-hybridized carbons (Fsp3) is 0.276. The molecular formula is C29H27FN6O2S2. The lowest BCUT2D eigenvalue weighted by molar-refractivity contribution is 0.0728. The average Bonchev–Trinajstić information content (AvgIpc) is 3.76. The molecule has 6 rings (SSSR count). The molecule has 0 radical (unpaired) electrons. The second kappa shape index (κ2) is 10.6. The van der Waals surface area contributed by atoms with Crippen LogP contribution >= 0.6 is 22.7 Å². The number of amides is 1. The molecule has 4 heterocycles. The van der Waals surface area contributed by atoms with Gasteiger partial charge in [-0.2, -0.15) is 0 Å². The zero-order valence-corrected chi connectivity index (χ0v) is 23.6. The maximum atomic E-state index is 14.6. The SMILES string of the molecule is Cc1csc([C@H]2C[C@H](F)CN2C(=O)c2cc(-c3nnc([C@@](C)(N)Cc4ccccc4)o3)cc(-c3nccs3)c2)n1. The summed E-state index contributed by atoms with van der Waals surface area (Å²) in [6.45, 7) is 3.75. The third kappa shape index (κ3) is 5.32. The highest BCUT2D eigenvalue weighted by atomic mass is 32.1. The normalized spacial score (nSPS) is 18.6. The van der Waals surface area contributed by atoms with E-state index in [1.165, 1.54) is 22.7 Å². The smallest absolute Gasteiger partial charge is 0.254 e. The van der Waals surface area contributed by atoms with E-state index < -0.39 is 17.8 Å². The van der Waals surface area contributed by atoms with Crippen molar-refractivity contribution in [3.8, 4) is 22.0 Å². The van der Waals surface area contributed by atoms with Crippen LogP contribution in [0.4, 0.5) is 4.39 Å². The molecule has 1 amide bonds. The van der Waals surface area contributed by atoms with Crippen LogP contribution in [0.2, 0.25) is 0 Å². The minimum Gasteiger partial charge on any atom is -0.419 e. The number of carbonyl (C=O) groups excluding carboxylic acids is 1. The zero-order chi connectivity index (χ0) is 27.9. The molecule has 5 aromatic rings. The number of nitrogens with zero attached hydrogens (tertiary/aromatic N) is 5. The number of likely N-dealkylation sites (tertiary alicyclic amines) is 1. The van der Waals surface area contributed by atoms with Crippen molar-refractivity contribution < 1.29 is 13.6 Å². The topological polar surface area (TPSA) is 111 Å². The van der Waals surface area contributed by atoms with Crippen LogP contribution in [0.3, 0.4) is 0 Å². The van der Waals surface area contributed by atoms with Gasteiger partial charge in [0.25, 0.3) is 5.91 Å². The van der Waals surface area contributed by atoms with Gasteiger partial charge in [-0.15, -0.1) is 32.9 Å². The molecule has 1 saturated heterocycles. The summed E-state index contributed by atoms with van der Waals surface area (Å²) in [5.41, 5.74) is 9.29. The van der Waals surface area contributed by atoms with Gasteiger partial charge in [0.1, 0.15) is 16.2 Å². The first-order valence-corrected chi connectivity index (χ1v) is 14.6. The van der Waals surface area contributed by atoms with E-state index in [4.69, 9.17) is 10.2 Å². The Morgan fingerprint density at radius 2 is 1.98 bits per heavy atom. The molecule has 8 nitrogen and oxygen atoms in total. The number of nitrogens with two attached hydrogens (primary N) is 1. The summed E-state index contributed by atoms with van der Waals surface area (Å²) in [5.74, 6) is 0.243. The van der Waals surface area contributed by atoms with Crippen LogP contribution in [0.15, 0.2) is 69.9 Å². The predicted molar refractivity (Wildman–Crippen MR) is 153 cm³/mol. The third-order valence-electron chi connectivity index (χ3n) is 6.87. The van der Waals surface area contributed by atoms with Crippen molar-refractivity contribution in [1.82, 2.24) is 25.1 Å². The fourth-order valence-electron chi connectivity index (χ4n) is 4.96. The van der Waals surface area contributed by atoms with Gasteiger partial charge in [-0.3, -0.25) is 4.79 Å². The van der Waals surface area contributed by atoms with Gasteiger partial charge in [0, 0.05) is 45.8 Å². The minimum absolute atomic E-state index is 0.00859. The largest absolute Gasteiger partial charge is 0.419 e. The van der Waals surface area contributed by atoms with Crippen LogP contribution in [0.25, 0.3) is 22.0 Å². The average molecular weight is 575 g/mol. The number of aromatic nitrogens is 4. The number of halogens is 1. The summed E-state index contributed by atoms with van der Waals surface area (Å²) < 4.78 is 20.7. The van der Waals surface area contributed by atoms with Gasteiger partial charge in [-0.05, 0) is 44.0 Å². The van der Waals surface area contributed by atoms with Crippen LogP contribution in [-0.2, 0) is 12.0 Å². The molecule has 1 fully saturated rings. The number of alkyl halides is 1. The Labute approximate surface area is 238 Å². The van der Waals surface area contributed by atoms with E-state index in [0.29, 0.717) is 17.5 Å². The first-order chi connectivity index (χ1) is 19.3. The zero-order valence-electron chi connectivity index (χ0n) is 22.0. The highest BCUT2D eigenvalue weighted by Crippen LogP contribution is 2.38. The van der Waals surface area contributed by atoms with Crippen molar-refractivity contribution in [2.24, 2.45) is 5.73 Å². The lowest BCUT2D eigenvalue weighted by Crippen LogP contribution is -2.35. The fourth-order valence-corrected chi connectivity index (χ4v) is 6.51. The van der Waals surface area contributed by atoms with Crippen molar-refractivity contribution in [2.45, 2.75) is 44.4 Å². The molecule has 3 aromatic heterocycles. The molecule has 0 spiro atoms. The number of aryl methyl sites for hydroxylation is 1. The summed E-state index contributed by atoms with van der Waals surface area (Å²) in [4.78, 5) is 24.4. The third-order valence-corrected chi connectivity index (χ3v) is 8.75. The molecule has 11 heteroatoms. The number of hydrogen-bond donors (Lipinski definition) is 1. The summed E-state index contributed by atoms with van der Waals surface area (Å²) in [6.07, 6.45) is 1.32. The Balaban J connectivity index is 1.36. The Hall–Kier alpha value is -3.80. The van der Waals surface area contributed by atoms with Crippen molar-refractivity contribution in [1.29, 1.82) is 0 Å². The number of rotatable bonds is 7. The number of hydrogen-bond acceptors (Lipinski definition) is 9. The van der Waals surface area contributed by atoms with Gasteiger partial charge in [-0.1, -0.05) is 30.3 Å². The number of carbonyl (C=O) groups is 1. The Morgan fingerprint density at radius 3 is 2.70 bits per heavy atom. The Kier molecular flexibility index (Phi) is 7.03. The molecule has 0 unspecified atom stereocenters. The van der Waals surface area contributed by atoms with Crippen LogP contribution in [0.5, 0.6) is 0 Å². The lowest BCUT2D eigenvalue weighted by atomic mass is 9.94. The van der Waals surface area contributed by atoms with E-state index in [2.05, 4.69) is 20.2 Å². The summed E-state index contributed by atoms with van der Waals surface area (Å²) in [5, 5.41) is 13.8. The molecule has 0 bridgehead atoms. The molecule has 2 N–H and O–H groups in total. The molecule has 0 saturated carbocycles. The molecule has 2 aromatic carbocycles. The van der Waals surface area contributed by atoms with Gasteiger partial charge in [0.15, 0.2) is 0 Å². The second-order valence-corrected chi connectivity index (χ2v) is 12.0. The Bertz CT molecular complexity index is 1630. The van der Waals surface area contributed by atoms with E-state index in [-0.39, 0.29) is 30.7 Å². The van der Waals surface area contributed by atoms with Crippen molar-refractivity contribution in [3.63, 3.8) is 0 Å². The number of benzene rings is 2. The number of thiazole rings is 2. The maximum absolute atomic E-state index is 14.6. The van der Waals surface area contributed by atoms with Crippen LogP contribution in [0, 0.1) is 6.92 Å². The van der Waals surface area contributed by atoms with Gasteiger partial charge in [-0.25, -0.2) is 14.4 Å². The van der Waals surface area contributed by atoms with Gasteiger partial charge < -0.3 is 15.1 Å². The second-order valence-electron chi connectivity index (χ2n) is 10.3. The van der Waals surface area contributed by atoms with Crippen LogP contribution < -0.4 is 5.73 Å². The monoisotopic (exact) mass is 574 g/mol. The highest BCUT2D eigenvalue weighted by Gasteiger charge is 2.38. The predicted octanol–water partition coefficient (Wildman–Crippen LogP) is 5.97. The molecule has 1 aliphatic rings. The lowest BCUT2D eigenvalue weighted by Gasteiger charge is -2.23. The first kappa shape index (κ1) is 26.4. The van der Waals surface area contributed by atoms with Crippen molar-refractivity contribution >= 4 is 28.6 Å². The van der Waals surface area contributed by atoms with Gasteiger partial charge >= 0.3 is 0 Å². The highest BCUT2D eigenvalue weighted by molar-refractivity contribution is 7.13. The Morgan fingerprint density at radius 1 is 1.18 bits per heavy atom. The molecule has 1 aliphatic heterocycles. The summed E-state index contributed by atoms with van der Waals surface area (Å²) in [7, 11) is 0. The molecule has 3 atom stereocenters.